The van der Waals surface area contributed by atoms with Crippen molar-refractivity contribution in [3.8, 4) is 0 Å². The number of aliphatic imine (C=N–C) groups is 1. The molecule has 0 aromatic rings. The summed E-state index contributed by atoms with van der Waals surface area (Å²) < 4.78 is 11.1. The van der Waals surface area contributed by atoms with Gasteiger partial charge in [0.1, 0.15) is 12.0 Å². The van der Waals surface area contributed by atoms with Gasteiger partial charge in [-0.25, -0.2) is 0 Å². The number of carboxylic acid groups (broad SMARTS) is 2. The average Bonchev–Trinajstić information content (AvgIpc) is 3.33. The first-order valence-electron chi connectivity index (χ1n) is 9.53. The molecule has 0 aromatic heterocycles. The van der Waals surface area contributed by atoms with Crippen molar-refractivity contribution >= 4 is 34.8 Å². The summed E-state index contributed by atoms with van der Waals surface area (Å²) in [5.74, 6) is -2.83. The molecule has 10 heteroatoms. The first kappa shape index (κ1) is 20.9. The monoisotopic (exact) mass is 414 g/mol. The summed E-state index contributed by atoms with van der Waals surface area (Å²) in [6, 6.07) is -0.348. The van der Waals surface area contributed by atoms with Crippen LogP contribution in [0.25, 0.3) is 0 Å². The molecule has 0 spiro atoms. The molecule has 3 aliphatic rings. The average molecular weight is 414 g/mol. The lowest BCUT2D eigenvalue weighted by atomic mass is 9.76. The Morgan fingerprint density at radius 3 is 2.50 bits per heavy atom. The van der Waals surface area contributed by atoms with Gasteiger partial charge in [0.2, 0.25) is 0 Å². The molecule has 1 saturated carbocycles. The number of hydrogen-bond donors (Lipinski definition) is 3. The lowest BCUT2D eigenvalue weighted by Crippen LogP contribution is -2.54. The number of ether oxygens (including phenoxy) is 2. The van der Waals surface area contributed by atoms with Crippen molar-refractivity contribution in [3.05, 3.63) is 0 Å². The second-order valence-electron chi connectivity index (χ2n) is 7.58. The van der Waals surface area contributed by atoms with Gasteiger partial charge in [0, 0.05) is 19.4 Å². The number of carbonyl (C=O) groups excluding carboxylic acids is 1. The molecule has 156 valence electrons. The van der Waals surface area contributed by atoms with Crippen LogP contribution in [0.15, 0.2) is 4.99 Å². The first-order valence-corrected chi connectivity index (χ1v) is 10.4. The second kappa shape index (κ2) is 9.13. The number of amidine groups is 1. The largest absolute Gasteiger partial charge is 0.481 e. The molecule has 0 amide bonds. The van der Waals surface area contributed by atoms with Crippen LogP contribution >= 0.6 is 11.8 Å². The Balaban J connectivity index is 1.75. The van der Waals surface area contributed by atoms with Gasteiger partial charge >= 0.3 is 17.9 Å². The quantitative estimate of drug-likeness (QED) is 0.477. The summed E-state index contributed by atoms with van der Waals surface area (Å²) >= 11 is 1.39. The molecule has 0 bridgehead atoms. The molecule has 0 unspecified atom stereocenters. The number of hydrogen-bond acceptors (Lipinski definition) is 7. The van der Waals surface area contributed by atoms with Gasteiger partial charge < -0.3 is 25.0 Å². The van der Waals surface area contributed by atoms with E-state index in [-0.39, 0.29) is 25.5 Å². The molecular weight excluding hydrogens is 388 g/mol. The zero-order chi connectivity index (χ0) is 20.3. The SMILES string of the molecule is CC(=O)OC[C@@H]1O[C@@H]2SC(=NCCC3CC3)N[C@@H]2[C@H](CC(=O)O)[C@@H]1CC(=O)O. The maximum Gasteiger partial charge on any atom is 0.303 e. The van der Waals surface area contributed by atoms with Crippen molar-refractivity contribution in [3.63, 3.8) is 0 Å². The van der Waals surface area contributed by atoms with Crippen molar-refractivity contribution in [2.24, 2.45) is 22.7 Å². The molecule has 1 aliphatic carbocycles. The van der Waals surface area contributed by atoms with Crippen LogP contribution in [0.3, 0.4) is 0 Å². The third-order valence-electron chi connectivity index (χ3n) is 5.37. The fourth-order valence-corrected chi connectivity index (χ4v) is 5.03. The smallest absolute Gasteiger partial charge is 0.303 e. The Kier molecular flexibility index (Phi) is 6.82. The van der Waals surface area contributed by atoms with Crippen LogP contribution in [0.1, 0.15) is 39.0 Å². The van der Waals surface area contributed by atoms with E-state index in [1.165, 1.54) is 31.5 Å². The maximum atomic E-state index is 11.5. The zero-order valence-electron chi connectivity index (χ0n) is 15.7. The van der Waals surface area contributed by atoms with Gasteiger partial charge in [-0.15, -0.1) is 0 Å². The maximum absolute atomic E-state index is 11.5. The van der Waals surface area contributed by atoms with E-state index in [9.17, 15) is 24.6 Å². The fraction of sp³-hybridized carbons (Fsp3) is 0.778. The summed E-state index contributed by atoms with van der Waals surface area (Å²) in [7, 11) is 0. The van der Waals surface area contributed by atoms with Crippen LogP contribution in [-0.2, 0) is 23.9 Å². The summed E-state index contributed by atoms with van der Waals surface area (Å²) in [6.07, 6.45) is 2.43. The van der Waals surface area contributed by atoms with E-state index in [1.54, 1.807) is 0 Å². The number of aliphatic carboxylic acids is 2. The van der Waals surface area contributed by atoms with Crippen LogP contribution in [0.2, 0.25) is 0 Å². The van der Waals surface area contributed by atoms with Crippen molar-refractivity contribution in [2.45, 2.75) is 56.6 Å². The van der Waals surface area contributed by atoms with Gasteiger partial charge in [0.25, 0.3) is 0 Å². The Hall–Kier alpha value is -1.81. The van der Waals surface area contributed by atoms with Crippen molar-refractivity contribution < 1.29 is 34.1 Å². The van der Waals surface area contributed by atoms with E-state index in [4.69, 9.17) is 9.47 Å². The zero-order valence-corrected chi connectivity index (χ0v) is 16.5. The second-order valence-corrected chi connectivity index (χ2v) is 8.66. The summed E-state index contributed by atoms with van der Waals surface area (Å²) in [5, 5.41) is 22.7. The Labute approximate surface area is 167 Å². The molecule has 0 aromatic carbocycles. The standard InChI is InChI=1S/C18H26N2O7S/c1-9(21)26-8-13-11(6-14(22)23)12(7-15(24)25)16-17(27-13)28-18(20-16)19-5-4-10-2-3-10/h10-13,16-17H,2-8H2,1H3,(H,19,20)(H,22,23)(H,24,25)/t11-,12+,13-,16+,17+/m0/s1. The van der Waals surface area contributed by atoms with E-state index in [0.717, 1.165) is 12.3 Å². The lowest BCUT2D eigenvalue weighted by molar-refractivity contribution is -0.163. The molecule has 2 saturated heterocycles. The van der Waals surface area contributed by atoms with E-state index in [0.29, 0.717) is 11.7 Å². The number of nitrogens with zero attached hydrogens (tertiary/aromatic N) is 1. The van der Waals surface area contributed by atoms with Gasteiger partial charge in [-0.05, 0) is 18.3 Å². The summed E-state index contributed by atoms with van der Waals surface area (Å²) in [4.78, 5) is 38.6. The predicted octanol–water partition coefficient (Wildman–Crippen LogP) is 1.32. The molecule has 2 heterocycles. The minimum absolute atomic E-state index is 0.0959. The Morgan fingerprint density at radius 2 is 1.89 bits per heavy atom. The van der Waals surface area contributed by atoms with Gasteiger partial charge in [-0.2, -0.15) is 0 Å². The van der Waals surface area contributed by atoms with Crippen molar-refractivity contribution in [2.75, 3.05) is 13.2 Å². The highest BCUT2D eigenvalue weighted by molar-refractivity contribution is 8.14. The molecule has 3 N–H and O–H groups in total. The summed E-state index contributed by atoms with van der Waals surface area (Å²) in [6.45, 7) is 1.88. The predicted molar refractivity (Wildman–Crippen MR) is 101 cm³/mol. The Bertz CT molecular complexity index is 652. The van der Waals surface area contributed by atoms with E-state index in [1.807, 2.05) is 0 Å². The molecule has 9 nitrogen and oxygen atoms in total. The molecule has 5 atom stereocenters. The number of fused-ring (bicyclic) bond motifs is 1. The van der Waals surface area contributed by atoms with Crippen molar-refractivity contribution in [1.29, 1.82) is 0 Å². The van der Waals surface area contributed by atoms with Crippen LogP contribution in [-0.4, -0.2) is 64.0 Å². The molecule has 3 fully saturated rings. The molecule has 2 aliphatic heterocycles. The van der Waals surface area contributed by atoms with Gasteiger partial charge in [0.05, 0.1) is 25.0 Å². The van der Waals surface area contributed by atoms with Crippen molar-refractivity contribution in [1.82, 2.24) is 5.32 Å². The number of carbonyl (C=O) groups is 3. The van der Waals surface area contributed by atoms with E-state index >= 15 is 0 Å². The van der Waals surface area contributed by atoms with Crippen LogP contribution in [0.5, 0.6) is 0 Å². The highest BCUT2D eigenvalue weighted by Gasteiger charge is 2.51. The first-order chi connectivity index (χ1) is 13.3. The number of carboxylic acids is 2. The number of nitrogens with one attached hydrogen (secondary N) is 1. The molecule has 0 radical (unpaired) electrons. The van der Waals surface area contributed by atoms with E-state index in [2.05, 4.69) is 10.3 Å². The third-order valence-corrected chi connectivity index (χ3v) is 6.48. The minimum Gasteiger partial charge on any atom is -0.481 e. The van der Waals surface area contributed by atoms with Crippen LogP contribution in [0, 0.1) is 17.8 Å². The fourth-order valence-electron chi connectivity index (χ4n) is 3.83. The highest BCUT2D eigenvalue weighted by atomic mass is 32.2. The molecule has 3 rings (SSSR count). The normalized spacial score (nSPS) is 33.2. The summed E-state index contributed by atoms with van der Waals surface area (Å²) in [5.41, 5.74) is -0.394. The van der Waals surface area contributed by atoms with Crippen LogP contribution < -0.4 is 5.32 Å². The molecular formula is C18H26N2O7S. The number of esters is 1. The highest BCUT2D eigenvalue weighted by Crippen LogP contribution is 2.43. The van der Waals surface area contributed by atoms with Crippen LogP contribution in [0.4, 0.5) is 0 Å². The Morgan fingerprint density at radius 1 is 1.21 bits per heavy atom. The van der Waals surface area contributed by atoms with Gasteiger partial charge in [0.15, 0.2) is 5.17 Å². The lowest BCUT2D eigenvalue weighted by Gasteiger charge is -2.42. The number of thioether (sulfide) groups is 1. The third kappa shape index (κ3) is 5.60. The van der Waals surface area contributed by atoms with Gasteiger partial charge in [-0.3, -0.25) is 19.4 Å². The molecule has 28 heavy (non-hydrogen) atoms. The topological polar surface area (TPSA) is 135 Å². The van der Waals surface area contributed by atoms with E-state index < -0.39 is 41.3 Å². The number of rotatable bonds is 9. The van der Waals surface area contributed by atoms with Gasteiger partial charge in [-0.1, -0.05) is 24.6 Å². The minimum atomic E-state index is -1.04.